The number of aromatic nitrogens is 3. The summed E-state index contributed by atoms with van der Waals surface area (Å²) >= 11 is 0. The van der Waals surface area contributed by atoms with E-state index >= 15 is 0 Å². The second-order valence-corrected chi connectivity index (χ2v) is 18.0. The quantitative estimate of drug-likeness (QED) is 0.0777. The number of likely N-dealkylation sites (tertiary alicyclic amines) is 1. The third-order valence-corrected chi connectivity index (χ3v) is 12.7. The number of benzene rings is 2. The van der Waals surface area contributed by atoms with Gasteiger partial charge in [0.15, 0.2) is 5.82 Å². The van der Waals surface area contributed by atoms with Crippen molar-refractivity contribution in [3.63, 3.8) is 0 Å². The maximum atomic E-state index is 13.2. The lowest BCUT2D eigenvalue weighted by atomic mass is 9.90. The molecule has 2 aliphatic heterocycles. The molecule has 0 aliphatic carbocycles. The molecule has 3 aromatic rings. The number of amides is 3. The van der Waals surface area contributed by atoms with Crippen LogP contribution in [0.4, 0.5) is 0 Å². The number of aromatic hydroxyl groups is 2. The number of aliphatic carboxylic acids is 4. The minimum absolute atomic E-state index is 0.0244. The molecule has 70 heavy (non-hydrogen) atoms. The summed E-state index contributed by atoms with van der Waals surface area (Å²) < 4.78 is 1.57. The Morgan fingerprint density at radius 3 is 1.74 bits per heavy atom. The molecule has 2 saturated heterocycles. The summed E-state index contributed by atoms with van der Waals surface area (Å²) in [5.74, 6) is -5.63. The van der Waals surface area contributed by atoms with Gasteiger partial charge in [0, 0.05) is 90.2 Å². The first kappa shape index (κ1) is 54.3. The molecule has 23 heteroatoms. The fourth-order valence-corrected chi connectivity index (χ4v) is 8.84. The number of hydrogen-bond donors (Lipinski definition) is 8. The SMILES string of the molecule is CCNC(=O)c1nnc(-c2cc(C(C)C)c(O)cc2O)n1-c1ccc(CC2CCN(C(=O)CNC(=O)CC[C@H](C(=O)O)N3CCN(CC(=O)O)CCN(CC(=O)O)CCN(CC(=O)O)CC3)CC2)cc1. The van der Waals surface area contributed by atoms with Crippen molar-refractivity contribution in [3.8, 4) is 28.6 Å². The highest BCUT2D eigenvalue weighted by Gasteiger charge is 2.30. The molecule has 0 radical (unpaired) electrons. The Morgan fingerprint density at radius 2 is 1.24 bits per heavy atom. The minimum atomic E-state index is -1.22. The monoisotopic (exact) mass is 978 g/mol. The Balaban J connectivity index is 1.15. The van der Waals surface area contributed by atoms with Gasteiger partial charge in [-0.3, -0.25) is 57.7 Å². The van der Waals surface area contributed by atoms with Gasteiger partial charge in [0.1, 0.15) is 17.5 Å². The predicted octanol–water partition coefficient (Wildman–Crippen LogP) is 0.825. The normalized spacial score (nSPS) is 16.8. The molecule has 2 aliphatic rings. The van der Waals surface area contributed by atoms with E-state index in [1.807, 2.05) is 38.1 Å². The number of piperidine rings is 1. The van der Waals surface area contributed by atoms with Crippen molar-refractivity contribution in [1.29, 1.82) is 0 Å². The maximum Gasteiger partial charge on any atom is 0.320 e. The number of carboxylic acids is 4. The van der Waals surface area contributed by atoms with Crippen molar-refractivity contribution in [2.45, 2.75) is 64.8 Å². The van der Waals surface area contributed by atoms with Gasteiger partial charge in [-0.25, -0.2) is 0 Å². The molecule has 8 N–H and O–H groups in total. The Bertz CT molecular complexity index is 2280. The number of carboxylic acid groups (broad SMARTS) is 4. The molecule has 0 unspecified atom stereocenters. The van der Waals surface area contributed by atoms with Gasteiger partial charge in [0.05, 0.1) is 31.7 Å². The molecule has 23 nitrogen and oxygen atoms in total. The van der Waals surface area contributed by atoms with E-state index in [2.05, 4.69) is 20.8 Å². The van der Waals surface area contributed by atoms with Crippen LogP contribution in [0.5, 0.6) is 11.5 Å². The van der Waals surface area contributed by atoms with E-state index in [-0.39, 0.29) is 132 Å². The van der Waals surface area contributed by atoms with E-state index in [0.29, 0.717) is 49.3 Å². The summed E-state index contributed by atoms with van der Waals surface area (Å²) in [6, 6.07) is 9.28. The number of phenolic OH excluding ortho intramolecular Hbond substituents is 2. The molecule has 3 amide bonds. The number of rotatable bonds is 20. The lowest BCUT2D eigenvalue weighted by molar-refractivity contribution is -0.145. The van der Waals surface area contributed by atoms with Gasteiger partial charge in [-0.2, -0.15) is 0 Å². The fraction of sp³-hybridized carbons (Fsp3) is 0.553. The van der Waals surface area contributed by atoms with E-state index in [0.717, 1.165) is 12.0 Å². The highest BCUT2D eigenvalue weighted by Crippen LogP contribution is 2.38. The molecule has 1 aromatic heterocycles. The molecule has 1 atom stereocenters. The third kappa shape index (κ3) is 15.7. The zero-order valence-electron chi connectivity index (χ0n) is 40.0. The number of carbonyl (C=O) groups excluding carboxylic acids is 3. The van der Waals surface area contributed by atoms with E-state index in [9.17, 15) is 64.2 Å². The molecule has 0 spiro atoms. The number of phenols is 2. The molecule has 2 fully saturated rings. The standard InChI is InChI=1S/C47H66N10O13/c1-4-48-46(68)45-51-50-44(35-24-34(30(2)3)37(58)25-38(35)59)57(45)33-7-5-31(6-8-33)23-32-11-13-56(14-12-32)40(61)26-49-39(60)10-9-36(47(69)70)55-21-19-53(28-42(64)65)17-15-52(27-41(62)63)16-18-54(20-22-55)29-43(66)67/h5-8,24-25,30,32,36,58-59H,4,9-23,26-29H2,1-3H3,(H,48,68)(H,49,60)(H,62,63)(H,64,65)(H,66,67)(H,69,70)/t36-/m1/s1. The minimum Gasteiger partial charge on any atom is -0.508 e. The van der Waals surface area contributed by atoms with Crippen LogP contribution < -0.4 is 10.6 Å². The van der Waals surface area contributed by atoms with Crippen LogP contribution in [0.1, 0.15) is 74.1 Å². The average Bonchev–Trinajstić information content (AvgIpc) is 3.74. The second-order valence-electron chi connectivity index (χ2n) is 18.0. The molecule has 5 rings (SSSR count). The lowest BCUT2D eigenvalue weighted by Crippen LogP contribution is -2.52. The van der Waals surface area contributed by atoms with Crippen LogP contribution in [-0.4, -0.2) is 216 Å². The van der Waals surface area contributed by atoms with Crippen molar-refractivity contribution in [1.82, 2.24) is 49.9 Å². The second kappa shape index (κ2) is 25.8. The molecule has 0 bridgehead atoms. The zero-order valence-corrected chi connectivity index (χ0v) is 40.0. The topological polar surface area (TPSA) is 312 Å². The average molecular weight is 979 g/mol. The number of hydrogen-bond acceptors (Lipinski definition) is 15. The molecule has 2 aromatic carbocycles. The van der Waals surface area contributed by atoms with E-state index in [1.165, 1.54) is 6.07 Å². The fourth-order valence-electron chi connectivity index (χ4n) is 8.84. The Hall–Kier alpha value is -6.69. The van der Waals surface area contributed by atoms with Crippen molar-refractivity contribution in [2.24, 2.45) is 5.92 Å². The molecule has 0 saturated carbocycles. The summed E-state index contributed by atoms with van der Waals surface area (Å²) in [6.45, 7) is 6.64. The summed E-state index contributed by atoms with van der Waals surface area (Å²) in [7, 11) is 0. The van der Waals surface area contributed by atoms with Crippen molar-refractivity contribution >= 4 is 41.6 Å². The van der Waals surface area contributed by atoms with Gasteiger partial charge in [0.25, 0.3) is 5.91 Å². The first-order chi connectivity index (χ1) is 33.3. The van der Waals surface area contributed by atoms with Crippen LogP contribution in [0.2, 0.25) is 0 Å². The van der Waals surface area contributed by atoms with Gasteiger partial charge in [-0.15, -0.1) is 10.2 Å². The number of nitrogens with zero attached hydrogens (tertiary/aromatic N) is 8. The van der Waals surface area contributed by atoms with Crippen molar-refractivity contribution in [3.05, 3.63) is 53.3 Å². The number of carbonyl (C=O) groups is 7. The molecular formula is C47H66N10O13. The van der Waals surface area contributed by atoms with Crippen molar-refractivity contribution in [2.75, 3.05) is 98.2 Å². The summed E-state index contributed by atoms with van der Waals surface area (Å²) in [6.07, 6.45) is 1.77. The lowest BCUT2D eigenvalue weighted by Gasteiger charge is -2.35. The Morgan fingerprint density at radius 1 is 0.700 bits per heavy atom. The maximum absolute atomic E-state index is 13.2. The first-order valence-corrected chi connectivity index (χ1v) is 23.6. The van der Waals surface area contributed by atoms with Gasteiger partial charge in [-0.1, -0.05) is 26.0 Å². The predicted molar refractivity (Wildman–Crippen MR) is 253 cm³/mol. The van der Waals surface area contributed by atoms with Gasteiger partial charge in [-0.05, 0) is 73.8 Å². The van der Waals surface area contributed by atoms with Crippen LogP contribution >= 0.6 is 0 Å². The summed E-state index contributed by atoms with van der Waals surface area (Å²) in [4.78, 5) is 94.9. The van der Waals surface area contributed by atoms with E-state index in [1.54, 1.807) is 42.1 Å². The highest BCUT2D eigenvalue weighted by molar-refractivity contribution is 5.92. The summed E-state index contributed by atoms with van der Waals surface area (Å²) in [5, 5.41) is 73.9. The van der Waals surface area contributed by atoms with E-state index < -0.39 is 41.7 Å². The third-order valence-electron chi connectivity index (χ3n) is 12.7. The van der Waals surface area contributed by atoms with Crippen LogP contribution in [0.3, 0.4) is 0 Å². The Kier molecular flexibility index (Phi) is 20.0. The van der Waals surface area contributed by atoms with Crippen LogP contribution in [0.25, 0.3) is 17.1 Å². The van der Waals surface area contributed by atoms with Crippen LogP contribution in [0, 0.1) is 5.92 Å². The van der Waals surface area contributed by atoms with Gasteiger partial charge >= 0.3 is 23.9 Å². The molecule has 382 valence electrons. The van der Waals surface area contributed by atoms with Crippen LogP contribution in [0.15, 0.2) is 36.4 Å². The number of nitrogens with one attached hydrogen (secondary N) is 2. The van der Waals surface area contributed by atoms with Gasteiger partial charge < -0.3 is 46.2 Å². The molecular weight excluding hydrogens is 913 g/mol. The first-order valence-electron chi connectivity index (χ1n) is 23.6. The van der Waals surface area contributed by atoms with Gasteiger partial charge in [0.2, 0.25) is 17.6 Å². The summed E-state index contributed by atoms with van der Waals surface area (Å²) in [5.41, 5.74) is 2.50. The largest absolute Gasteiger partial charge is 0.508 e. The highest BCUT2D eigenvalue weighted by atomic mass is 16.4. The van der Waals surface area contributed by atoms with Crippen LogP contribution in [-0.2, 0) is 35.2 Å². The van der Waals surface area contributed by atoms with Crippen molar-refractivity contribution < 1.29 is 64.2 Å². The Labute approximate surface area is 405 Å². The molecule has 3 heterocycles. The smallest absolute Gasteiger partial charge is 0.320 e. The van der Waals surface area contributed by atoms with E-state index in [4.69, 9.17) is 0 Å². The zero-order chi connectivity index (χ0) is 51.1.